The number of nitrogens with two attached hydrogens (primary N) is 1. The van der Waals surface area contributed by atoms with Crippen molar-refractivity contribution in [2.45, 2.75) is 31.3 Å². The Bertz CT molecular complexity index is 496. The van der Waals surface area contributed by atoms with E-state index in [-0.39, 0.29) is 28.0 Å². The van der Waals surface area contributed by atoms with Gasteiger partial charge in [0.2, 0.25) is 0 Å². The highest BCUT2D eigenvalue weighted by molar-refractivity contribution is 6.35. The van der Waals surface area contributed by atoms with Crippen LogP contribution in [-0.2, 0) is 4.74 Å². The average Bonchev–Trinajstić information content (AvgIpc) is 2.98. The summed E-state index contributed by atoms with van der Waals surface area (Å²) < 4.78 is 5.90. The number of H-pyrrole nitrogens is 1. The summed E-state index contributed by atoms with van der Waals surface area (Å²) in [6.45, 7) is 1.78. The van der Waals surface area contributed by atoms with Crippen molar-refractivity contribution < 1.29 is 9.53 Å². The van der Waals surface area contributed by atoms with E-state index in [1.165, 1.54) is 12.8 Å². The van der Waals surface area contributed by atoms with Gasteiger partial charge >= 0.3 is 0 Å². The molecule has 1 saturated heterocycles. The molecule has 2 fully saturated rings. The molecule has 3 rings (SSSR count). The predicted molar refractivity (Wildman–Crippen MR) is 71.1 cm³/mol. The first-order valence-electron chi connectivity index (χ1n) is 6.54. The fourth-order valence-electron chi connectivity index (χ4n) is 2.98. The number of amides is 1. The number of nitrogen functional groups attached to an aromatic ring is 1. The molecule has 0 unspecified atom stereocenters. The lowest BCUT2D eigenvalue weighted by molar-refractivity contribution is -0.0949. The number of aromatic amines is 1. The lowest BCUT2D eigenvalue weighted by atomic mass is 9.99. The Balaban J connectivity index is 1.78. The largest absolute Gasteiger partial charge is 0.381 e. The van der Waals surface area contributed by atoms with Gasteiger partial charge < -0.3 is 15.4 Å². The molecule has 1 saturated carbocycles. The molecular weight excluding hydrogens is 268 g/mol. The Morgan fingerprint density at radius 3 is 2.84 bits per heavy atom. The van der Waals surface area contributed by atoms with Gasteiger partial charge in [0.15, 0.2) is 5.82 Å². The van der Waals surface area contributed by atoms with Gasteiger partial charge in [-0.05, 0) is 12.8 Å². The molecule has 0 bridgehead atoms. The number of hydrogen-bond acceptors (Lipinski definition) is 4. The Morgan fingerprint density at radius 2 is 2.21 bits per heavy atom. The molecular formula is C12H17ClN4O2. The third kappa shape index (κ3) is 2.19. The van der Waals surface area contributed by atoms with Gasteiger partial charge in [-0.25, -0.2) is 0 Å². The van der Waals surface area contributed by atoms with Crippen LogP contribution in [0.5, 0.6) is 0 Å². The van der Waals surface area contributed by atoms with E-state index in [0.717, 1.165) is 12.8 Å². The highest BCUT2D eigenvalue weighted by atomic mass is 35.5. The second kappa shape index (κ2) is 4.68. The van der Waals surface area contributed by atoms with Crippen molar-refractivity contribution in [3.8, 4) is 0 Å². The van der Waals surface area contributed by atoms with Crippen LogP contribution in [0.4, 0.5) is 5.82 Å². The zero-order valence-corrected chi connectivity index (χ0v) is 11.4. The van der Waals surface area contributed by atoms with Crippen molar-refractivity contribution >= 4 is 23.3 Å². The molecule has 2 aliphatic rings. The second-order valence-electron chi connectivity index (χ2n) is 5.26. The van der Waals surface area contributed by atoms with Crippen LogP contribution in [0.1, 0.15) is 36.2 Å². The Morgan fingerprint density at radius 1 is 1.47 bits per heavy atom. The topological polar surface area (TPSA) is 84.2 Å². The van der Waals surface area contributed by atoms with Crippen molar-refractivity contribution in [1.29, 1.82) is 0 Å². The molecule has 0 atom stereocenters. The molecule has 2 heterocycles. The lowest BCUT2D eigenvalue weighted by Gasteiger charge is -2.40. The van der Waals surface area contributed by atoms with E-state index < -0.39 is 0 Å². The molecule has 7 heteroatoms. The number of rotatable bonds is 1. The van der Waals surface area contributed by atoms with E-state index in [2.05, 4.69) is 10.2 Å². The SMILES string of the molecule is Nc1n[nH]c(C(=O)N2CCOC3(CCCC3)C2)c1Cl. The highest BCUT2D eigenvalue weighted by Crippen LogP contribution is 2.36. The second-order valence-corrected chi connectivity index (χ2v) is 5.64. The highest BCUT2D eigenvalue weighted by Gasteiger charge is 2.41. The minimum absolute atomic E-state index is 0.147. The fourth-order valence-corrected chi connectivity index (χ4v) is 3.15. The quantitative estimate of drug-likeness (QED) is 0.817. The van der Waals surface area contributed by atoms with E-state index in [9.17, 15) is 4.79 Å². The Kier molecular flexibility index (Phi) is 3.14. The van der Waals surface area contributed by atoms with E-state index in [1.54, 1.807) is 4.90 Å². The zero-order chi connectivity index (χ0) is 13.5. The number of carbonyl (C=O) groups is 1. The zero-order valence-electron chi connectivity index (χ0n) is 10.6. The number of anilines is 1. The van der Waals surface area contributed by atoms with Crippen molar-refractivity contribution in [3.63, 3.8) is 0 Å². The molecule has 1 aliphatic heterocycles. The fraction of sp³-hybridized carbons (Fsp3) is 0.667. The third-order valence-electron chi connectivity index (χ3n) is 4.00. The van der Waals surface area contributed by atoms with Crippen molar-refractivity contribution in [1.82, 2.24) is 15.1 Å². The van der Waals surface area contributed by atoms with Gasteiger partial charge in [0.05, 0.1) is 18.8 Å². The van der Waals surface area contributed by atoms with Crippen LogP contribution in [0.3, 0.4) is 0 Å². The van der Waals surface area contributed by atoms with Gasteiger partial charge in [-0.3, -0.25) is 9.89 Å². The van der Waals surface area contributed by atoms with E-state index in [0.29, 0.717) is 19.7 Å². The van der Waals surface area contributed by atoms with Crippen LogP contribution >= 0.6 is 11.6 Å². The molecule has 6 nitrogen and oxygen atoms in total. The van der Waals surface area contributed by atoms with Gasteiger partial charge in [-0.1, -0.05) is 24.4 Å². The first-order chi connectivity index (χ1) is 9.11. The van der Waals surface area contributed by atoms with Crippen molar-refractivity contribution in [3.05, 3.63) is 10.7 Å². The molecule has 0 radical (unpaired) electrons. The number of nitrogens with zero attached hydrogens (tertiary/aromatic N) is 2. The summed E-state index contributed by atoms with van der Waals surface area (Å²) in [6, 6.07) is 0. The number of morpholine rings is 1. The summed E-state index contributed by atoms with van der Waals surface area (Å²) >= 11 is 5.98. The lowest BCUT2D eigenvalue weighted by Crippen LogP contribution is -2.52. The van der Waals surface area contributed by atoms with Crippen LogP contribution in [0, 0.1) is 0 Å². The van der Waals surface area contributed by atoms with Gasteiger partial charge in [0.25, 0.3) is 5.91 Å². The number of ether oxygens (including phenoxy) is 1. The van der Waals surface area contributed by atoms with Crippen LogP contribution < -0.4 is 5.73 Å². The molecule has 19 heavy (non-hydrogen) atoms. The number of hydrogen-bond donors (Lipinski definition) is 2. The van der Waals surface area contributed by atoms with Crippen LogP contribution in [0.25, 0.3) is 0 Å². The molecule has 3 N–H and O–H groups in total. The molecule has 104 valence electrons. The molecule has 0 aromatic carbocycles. The maximum absolute atomic E-state index is 12.4. The molecule has 1 spiro atoms. The average molecular weight is 285 g/mol. The van der Waals surface area contributed by atoms with E-state index in [1.807, 2.05) is 0 Å². The predicted octanol–water partition coefficient (Wildman–Crippen LogP) is 1.43. The molecule has 1 amide bonds. The first-order valence-corrected chi connectivity index (χ1v) is 6.92. The van der Waals surface area contributed by atoms with Gasteiger partial charge in [0.1, 0.15) is 10.7 Å². The first kappa shape index (κ1) is 12.7. The number of aromatic nitrogens is 2. The summed E-state index contributed by atoms with van der Waals surface area (Å²) in [5, 5.41) is 6.58. The Labute approximate surface area is 116 Å². The Hall–Kier alpha value is -1.27. The maximum Gasteiger partial charge on any atom is 0.273 e. The van der Waals surface area contributed by atoms with Crippen LogP contribution in [-0.4, -0.2) is 46.3 Å². The van der Waals surface area contributed by atoms with Crippen LogP contribution in [0.15, 0.2) is 0 Å². The molecule has 1 aliphatic carbocycles. The normalized spacial score (nSPS) is 22.1. The minimum Gasteiger partial charge on any atom is -0.381 e. The number of nitrogens with one attached hydrogen (secondary N) is 1. The minimum atomic E-state index is -0.149. The van der Waals surface area contributed by atoms with Gasteiger partial charge in [0, 0.05) is 6.54 Å². The smallest absolute Gasteiger partial charge is 0.273 e. The summed E-state index contributed by atoms with van der Waals surface area (Å²) in [5.74, 6) is 0.0117. The molecule has 1 aromatic heterocycles. The third-order valence-corrected chi connectivity index (χ3v) is 4.38. The van der Waals surface area contributed by atoms with Gasteiger partial charge in [-0.2, -0.15) is 5.10 Å². The van der Waals surface area contributed by atoms with E-state index >= 15 is 0 Å². The standard InChI is InChI=1S/C12H17ClN4O2/c13-8-9(15-16-10(8)14)11(18)17-5-6-19-12(7-17)3-1-2-4-12/h1-7H2,(H3,14,15,16). The summed E-state index contributed by atoms with van der Waals surface area (Å²) in [4.78, 5) is 14.2. The number of carbonyl (C=O) groups excluding carboxylic acids is 1. The van der Waals surface area contributed by atoms with Crippen molar-refractivity contribution in [2.24, 2.45) is 0 Å². The van der Waals surface area contributed by atoms with E-state index in [4.69, 9.17) is 22.1 Å². The summed E-state index contributed by atoms with van der Waals surface area (Å²) in [7, 11) is 0. The summed E-state index contributed by atoms with van der Waals surface area (Å²) in [6.07, 6.45) is 4.38. The van der Waals surface area contributed by atoms with Crippen molar-refractivity contribution in [2.75, 3.05) is 25.4 Å². The van der Waals surface area contributed by atoms with Gasteiger partial charge in [-0.15, -0.1) is 0 Å². The number of halogens is 1. The molecule has 1 aromatic rings. The summed E-state index contributed by atoms with van der Waals surface area (Å²) in [5.41, 5.74) is 5.68. The maximum atomic E-state index is 12.4. The van der Waals surface area contributed by atoms with Crippen LogP contribution in [0.2, 0.25) is 5.02 Å². The monoisotopic (exact) mass is 284 g/mol.